The monoisotopic (exact) mass is 904 g/mol. The number of carbonyl (C=O) groups excluding carboxylic acids is 1. The fourth-order valence-electron chi connectivity index (χ4n) is 9.54. The minimum Gasteiger partial charge on any atom is -0.459 e. The molecule has 0 radical (unpaired) electrons. The van der Waals surface area contributed by atoms with Gasteiger partial charge in [-0.2, -0.15) is 0 Å². The van der Waals surface area contributed by atoms with Crippen LogP contribution in [0.2, 0.25) is 0 Å². The zero-order valence-corrected chi connectivity index (χ0v) is 37.4. The predicted octanol–water partition coefficient (Wildman–Crippen LogP) is 9.88. The van der Waals surface area contributed by atoms with Crippen molar-refractivity contribution in [3.8, 4) is 23.0 Å². The highest BCUT2D eigenvalue weighted by atomic mass is 16.7. The Labute approximate surface area is 383 Å². The molecule has 16 nitrogen and oxygen atoms in total. The first-order valence-electron chi connectivity index (χ1n) is 22.2. The summed E-state index contributed by atoms with van der Waals surface area (Å²) in [4.78, 5) is 43.5. The minimum atomic E-state index is -1.57. The Morgan fingerprint density at radius 1 is 0.879 bits per heavy atom. The number of benzene rings is 4. The molecule has 66 heavy (non-hydrogen) atoms. The molecule has 6 atom stereocenters. The number of unbranched alkanes of at least 4 members (excludes halogenated alkanes) is 2. The molecule has 1 amide bonds. The highest BCUT2D eigenvalue weighted by molar-refractivity contribution is 6.03. The van der Waals surface area contributed by atoms with Crippen LogP contribution >= 0.6 is 0 Å². The molecular weight excluding hydrogens is 849 g/mol. The third-order valence-electron chi connectivity index (χ3n) is 12.9. The predicted molar refractivity (Wildman–Crippen MR) is 246 cm³/mol. The third-order valence-corrected chi connectivity index (χ3v) is 12.9. The van der Waals surface area contributed by atoms with E-state index in [1.54, 1.807) is 25.3 Å². The molecule has 348 valence electrons. The first-order valence-corrected chi connectivity index (χ1v) is 22.2. The molecule has 0 bridgehead atoms. The molecule has 3 aliphatic rings. The van der Waals surface area contributed by atoms with Crippen LogP contribution in [0.5, 0.6) is 23.0 Å². The van der Waals surface area contributed by atoms with Crippen molar-refractivity contribution in [3.05, 3.63) is 152 Å². The van der Waals surface area contributed by atoms with Gasteiger partial charge in [-0.3, -0.25) is 20.2 Å². The standard InChI is InChI=1S/C50H56N4O12/c1-5-26-62-50-46(52(4)49(57)65-38-20-17-37(18-21-38)54(60)61)30-44(51-63-31-34-13-15-36(16-14-34)53(58)59)42-28-35(10-6-8-24-55)41(11-7-9-25-56)47(48(42)50)43-29-40(22-23-45(43)66-50)64-39-19-12-32(2)33(3)27-39/h5,12-23,27-29,35,41,46-48,55-56H,1,6-11,24-26,30-31H2,2-4H3/t35-,41+,46-,47+,48+,50+/m0/s1. The molecule has 2 N–H and O–H groups in total. The van der Waals surface area contributed by atoms with E-state index in [4.69, 9.17) is 28.9 Å². The van der Waals surface area contributed by atoms with Gasteiger partial charge >= 0.3 is 6.09 Å². The van der Waals surface area contributed by atoms with Gasteiger partial charge in [0.15, 0.2) is 0 Å². The molecule has 1 saturated carbocycles. The van der Waals surface area contributed by atoms with Crippen molar-refractivity contribution in [1.82, 2.24) is 4.90 Å². The number of oxime groups is 1. The Morgan fingerprint density at radius 2 is 1.52 bits per heavy atom. The van der Waals surface area contributed by atoms with E-state index >= 15 is 0 Å². The van der Waals surface area contributed by atoms with E-state index in [-0.39, 0.29) is 67.7 Å². The summed E-state index contributed by atoms with van der Waals surface area (Å²) in [6.45, 7) is 8.15. The summed E-state index contributed by atoms with van der Waals surface area (Å²) >= 11 is 0. The van der Waals surface area contributed by atoms with Crippen molar-refractivity contribution < 1.29 is 48.6 Å². The number of allylic oxidation sites excluding steroid dienone is 1. The summed E-state index contributed by atoms with van der Waals surface area (Å²) in [7, 11) is 1.58. The van der Waals surface area contributed by atoms with Crippen LogP contribution < -0.4 is 14.2 Å². The number of hydrogen-bond donors (Lipinski definition) is 2. The van der Waals surface area contributed by atoms with Gasteiger partial charge in [0, 0.05) is 62.4 Å². The number of aliphatic hydroxyl groups is 2. The lowest BCUT2D eigenvalue weighted by Crippen LogP contribution is -2.69. The van der Waals surface area contributed by atoms with Crippen molar-refractivity contribution in [2.45, 2.75) is 83.1 Å². The van der Waals surface area contributed by atoms with Crippen molar-refractivity contribution in [3.63, 3.8) is 0 Å². The van der Waals surface area contributed by atoms with Crippen LogP contribution in [-0.2, 0) is 16.2 Å². The van der Waals surface area contributed by atoms with Gasteiger partial charge in [0.2, 0.25) is 5.79 Å². The van der Waals surface area contributed by atoms with Crippen molar-refractivity contribution in [2.24, 2.45) is 22.9 Å². The van der Waals surface area contributed by atoms with E-state index in [1.807, 2.05) is 50.2 Å². The Kier molecular flexibility index (Phi) is 15.2. The lowest BCUT2D eigenvalue weighted by molar-refractivity contribution is -0.385. The molecule has 0 aromatic heterocycles. The average molecular weight is 905 g/mol. The van der Waals surface area contributed by atoms with Crippen molar-refractivity contribution in [1.29, 1.82) is 0 Å². The fraction of sp³-hybridized carbons (Fsp3) is 0.400. The second-order valence-electron chi connectivity index (χ2n) is 17.0. The van der Waals surface area contributed by atoms with Crippen LogP contribution in [-0.4, -0.2) is 75.5 Å². The molecule has 1 heterocycles. The minimum absolute atomic E-state index is 0.00804. The van der Waals surface area contributed by atoms with E-state index in [0.717, 1.165) is 47.9 Å². The molecule has 4 aromatic carbocycles. The quantitative estimate of drug-likeness (QED) is 0.0368. The maximum atomic E-state index is 14.3. The number of aryl methyl sites for hydroxylation is 2. The van der Waals surface area contributed by atoms with Crippen LogP contribution in [0.3, 0.4) is 0 Å². The van der Waals surface area contributed by atoms with E-state index in [2.05, 4.69) is 12.7 Å². The topological polar surface area (TPSA) is 206 Å². The fourth-order valence-corrected chi connectivity index (χ4v) is 9.54. The van der Waals surface area contributed by atoms with Gasteiger partial charge in [0.05, 0.1) is 28.1 Å². The number of nitrogens with zero attached hydrogens (tertiary/aromatic N) is 4. The van der Waals surface area contributed by atoms with Gasteiger partial charge in [0.25, 0.3) is 11.4 Å². The number of likely N-dealkylation sites (N-methyl/N-ethyl adjacent to an activating group) is 1. The third kappa shape index (κ3) is 10.3. The molecule has 7 rings (SSSR count). The average Bonchev–Trinajstić information content (AvgIpc) is 3.31. The van der Waals surface area contributed by atoms with Crippen molar-refractivity contribution >= 4 is 23.2 Å². The Bertz CT molecular complexity index is 2460. The highest BCUT2D eigenvalue weighted by Crippen LogP contribution is 2.62. The Hall–Kier alpha value is -6.62. The summed E-state index contributed by atoms with van der Waals surface area (Å²) in [5.74, 6) is -0.701. The number of aliphatic hydroxyl groups excluding tert-OH is 2. The zero-order valence-electron chi connectivity index (χ0n) is 37.4. The molecule has 0 saturated heterocycles. The van der Waals surface area contributed by atoms with E-state index in [9.17, 15) is 35.2 Å². The SMILES string of the molecule is C=CCO[C@@]12Oc3ccc(Oc4ccc(C)c(C)c4)cc3[C@H]3[C@H](CCCCO)[C@@H](CCCCO)C=C(C(=NOCc4ccc([N+](=O)[O-])cc4)C[C@@H]1N(C)C(=O)Oc1ccc([N+](=O)[O-])cc1)[C@H]32. The molecule has 16 heteroatoms. The summed E-state index contributed by atoms with van der Waals surface area (Å²) in [5.41, 5.74) is 4.86. The lowest BCUT2D eigenvalue weighted by atomic mass is 9.55. The summed E-state index contributed by atoms with van der Waals surface area (Å²) < 4.78 is 26.5. The van der Waals surface area contributed by atoms with Crippen LogP contribution in [0.25, 0.3) is 0 Å². The smallest absolute Gasteiger partial charge is 0.415 e. The molecule has 0 spiro atoms. The van der Waals surface area contributed by atoms with E-state index in [1.165, 1.54) is 41.3 Å². The van der Waals surface area contributed by atoms with Gasteiger partial charge in [-0.1, -0.05) is 36.2 Å². The van der Waals surface area contributed by atoms with E-state index in [0.29, 0.717) is 41.4 Å². The zero-order chi connectivity index (χ0) is 47.0. The number of non-ortho nitro benzene ring substituents is 2. The molecule has 1 fully saturated rings. The van der Waals surface area contributed by atoms with Gasteiger partial charge in [-0.15, -0.1) is 6.58 Å². The maximum absolute atomic E-state index is 14.3. The second kappa shape index (κ2) is 21.1. The van der Waals surface area contributed by atoms with Gasteiger partial charge in [-0.25, -0.2) is 4.79 Å². The number of ether oxygens (including phenoxy) is 4. The van der Waals surface area contributed by atoms with Crippen LogP contribution in [0, 0.1) is 51.8 Å². The summed E-state index contributed by atoms with van der Waals surface area (Å²) in [6, 6.07) is 22.0. The number of nitro groups is 2. The van der Waals surface area contributed by atoms with Crippen LogP contribution in [0.15, 0.2) is 114 Å². The van der Waals surface area contributed by atoms with Gasteiger partial charge < -0.3 is 38.9 Å². The Balaban J connectivity index is 1.39. The number of amides is 1. The highest BCUT2D eigenvalue weighted by Gasteiger charge is 2.65. The molecular formula is C50H56N4O12. The van der Waals surface area contributed by atoms with Gasteiger partial charge in [-0.05, 0) is 128 Å². The van der Waals surface area contributed by atoms with Crippen molar-refractivity contribution in [2.75, 3.05) is 26.9 Å². The molecule has 0 unspecified atom stereocenters. The molecule has 2 aliphatic carbocycles. The first kappa shape index (κ1) is 47.3. The molecule has 1 aliphatic heterocycles. The normalized spacial score (nSPS) is 22.2. The second-order valence-corrected chi connectivity index (χ2v) is 17.0. The number of nitro benzene ring substituents is 2. The first-order chi connectivity index (χ1) is 31.9. The largest absolute Gasteiger partial charge is 0.459 e. The van der Waals surface area contributed by atoms with E-state index < -0.39 is 33.7 Å². The maximum Gasteiger partial charge on any atom is 0.415 e. The number of rotatable bonds is 20. The number of carbonyl (C=O) groups is 1. The lowest BCUT2D eigenvalue weighted by Gasteiger charge is -2.59. The number of fused-ring (bicyclic) bond motifs is 2. The van der Waals surface area contributed by atoms with Gasteiger partial charge in [0.1, 0.15) is 35.6 Å². The summed E-state index contributed by atoms with van der Waals surface area (Å²) in [5, 5.41) is 47.4. The summed E-state index contributed by atoms with van der Waals surface area (Å²) in [6.07, 6.45) is 7.27. The number of hydrogen-bond acceptors (Lipinski definition) is 13. The molecule has 4 aromatic rings. The van der Waals surface area contributed by atoms with Crippen LogP contribution in [0.1, 0.15) is 73.1 Å². The van der Waals surface area contributed by atoms with Crippen LogP contribution in [0.4, 0.5) is 16.2 Å². The Morgan fingerprint density at radius 3 is 2.17 bits per heavy atom.